The first-order valence-electron chi connectivity index (χ1n) is 7.88. The zero-order valence-corrected chi connectivity index (χ0v) is 12.4. The van der Waals surface area contributed by atoms with E-state index in [1.807, 2.05) is 0 Å². The summed E-state index contributed by atoms with van der Waals surface area (Å²) >= 11 is 0. The smallest absolute Gasteiger partial charge is 0.317 e. The third-order valence-electron chi connectivity index (χ3n) is 5.85. The molecule has 6 nitrogen and oxygen atoms in total. The quantitative estimate of drug-likeness (QED) is 0.710. The highest BCUT2D eigenvalue weighted by atomic mass is 16.4. The summed E-state index contributed by atoms with van der Waals surface area (Å²) in [5, 5.41) is 22.2. The molecule has 2 aliphatic carbocycles. The summed E-state index contributed by atoms with van der Waals surface area (Å²) in [4.78, 5) is 25.6. The molecular weight excluding hydrogens is 272 g/mol. The van der Waals surface area contributed by atoms with Crippen molar-refractivity contribution >= 4 is 12.0 Å². The van der Waals surface area contributed by atoms with Gasteiger partial charge in [-0.3, -0.25) is 4.79 Å². The number of carbonyl (C=O) groups excluding carboxylic acids is 1. The van der Waals surface area contributed by atoms with Gasteiger partial charge in [0.05, 0.1) is 11.5 Å². The van der Waals surface area contributed by atoms with Gasteiger partial charge in [0.25, 0.3) is 0 Å². The summed E-state index contributed by atoms with van der Waals surface area (Å²) < 4.78 is 0. The van der Waals surface area contributed by atoms with Gasteiger partial charge in [-0.25, -0.2) is 4.79 Å². The van der Waals surface area contributed by atoms with Gasteiger partial charge < -0.3 is 20.4 Å². The molecule has 3 rings (SSSR count). The van der Waals surface area contributed by atoms with Crippen LogP contribution in [0.3, 0.4) is 0 Å². The van der Waals surface area contributed by atoms with Crippen LogP contribution >= 0.6 is 0 Å². The molecule has 5 atom stereocenters. The molecule has 21 heavy (non-hydrogen) atoms. The molecule has 1 heterocycles. The largest absolute Gasteiger partial charge is 0.481 e. The molecule has 3 N–H and O–H groups in total. The van der Waals surface area contributed by atoms with Crippen LogP contribution in [-0.2, 0) is 4.79 Å². The molecule has 0 aromatic rings. The number of nitrogens with one attached hydrogen (secondary N) is 1. The van der Waals surface area contributed by atoms with E-state index in [2.05, 4.69) is 5.32 Å². The van der Waals surface area contributed by atoms with Crippen molar-refractivity contribution in [3.05, 3.63) is 0 Å². The van der Waals surface area contributed by atoms with E-state index in [-0.39, 0.29) is 24.1 Å². The van der Waals surface area contributed by atoms with Crippen molar-refractivity contribution in [2.75, 3.05) is 13.1 Å². The van der Waals surface area contributed by atoms with Crippen molar-refractivity contribution in [1.29, 1.82) is 0 Å². The number of rotatable bonds is 2. The van der Waals surface area contributed by atoms with Gasteiger partial charge >= 0.3 is 12.0 Å². The number of aliphatic hydroxyl groups is 1. The SMILES string of the molecule is CC1(C(=O)O)CCCC1NC(=O)N1CC2CCC(O)C2C1. The lowest BCUT2D eigenvalue weighted by Gasteiger charge is -2.30. The number of nitrogens with zero attached hydrogens (tertiary/aromatic N) is 1. The highest BCUT2D eigenvalue weighted by Gasteiger charge is 2.48. The maximum Gasteiger partial charge on any atom is 0.317 e. The Labute approximate surface area is 124 Å². The minimum Gasteiger partial charge on any atom is -0.481 e. The molecule has 0 aromatic carbocycles. The fourth-order valence-corrected chi connectivity index (χ4v) is 4.30. The normalized spacial score (nSPS) is 42.1. The number of carboxylic acid groups (broad SMARTS) is 1. The Morgan fingerprint density at radius 1 is 1.24 bits per heavy atom. The van der Waals surface area contributed by atoms with E-state index in [4.69, 9.17) is 0 Å². The zero-order chi connectivity index (χ0) is 15.2. The Morgan fingerprint density at radius 3 is 2.67 bits per heavy atom. The number of aliphatic hydroxyl groups excluding tert-OH is 1. The second-order valence-electron chi connectivity index (χ2n) is 7.09. The van der Waals surface area contributed by atoms with Crippen LogP contribution in [0.4, 0.5) is 4.79 Å². The second kappa shape index (κ2) is 5.16. The van der Waals surface area contributed by atoms with Gasteiger partial charge in [0, 0.05) is 25.0 Å². The lowest BCUT2D eigenvalue weighted by molar-refractivity contribution is -0.148. The van der Waals surface area contributed by atoms with Gasteiger partial charge in [-0.15, -0.1) is 0 Å². The van der Waals surface area contributed by atoms with Crippen LogP contribution in [0, 0.1) is 17.3 Å². The Kier molecular flexibility index (Phi) is 3.59. The lowest BCUT2D eigenvalue weighted by Crippen LogP contribution is -2.51. The summed E-state index contributed by atoms with van der Waals surface area (Å²) in [5.74, 6) is -0.232. The predicted molar refractivity (Wildman–Crippen MR) is 75.7 cm³/mol. The van der Waals surface area contributed by atoms with E-state index in [9.17, 15) is 19.8 Å². The minimum atomic E-state index is -0.856. The van der Waals surface area contributed by atoms with Gasteiger partial charge in [0.15, 0.2) is 0 Å². The lowest BCUT2D eigenvalue weighted by atomic mass is 9.85. The molecule has 0 spiro atoms. The number of hydrogen-bond donors (Lipinski definition) is 3. The fraction of sp³-hybridized carbons (Fsp3) is 0.867. The van der Waals surface area contributed by atoms with E-state index in [1.54, 1.807) is 11.8 Å². The Bertz CT molecular complexity index is 455. The first-order valence-corrected chi connectivity index (χ1v) is 7.88. The molecule has 118 valence electrons. The van der Waals surface area contributed by atoms with Crippen LogP contribution in [0.15, 0.2) is 0 Å². The van der Waals surface area contributed by atoms with Gasteiger partial charge in [-0.2, -0.15) is 0 Å². The molecule has 1 aliphatic heterocycles. The second-order valence-corrected chi connectivity index (χ2v) is 7.09. The van der Waals surface area contributed by atoms with Crippen LogP contribution in [0.2, 0.25) is 0 Å². The molecule has 2 amide bonds. The van der Waals surface area contributed by atoms with Crippen LogP contribution in [-0.4, -0.2) is 52.3 Å². The van der Waals surface area contributed by atoms with Crippen molar-refractivity contribution in [2.24, 2.45) is 17.3 Å². The van der Waals surface area contributed by atoms with Crippen molar-refractivity contribution in [3.8, 4) is 0 Å². The predicted octanol–water partition coefficient (Wildman–Crippen LogP) is 1.04. The van der Waals surface area contributed by atoms with Crippen molar-refractivity contribution < 1.29 is 19.8 Å². The van der Waals surface area contributed by atoms with Crippen molar-refractivity contribution in [3.63, 3.8) is 0 Å². The molecule has 5 unspecified atom stereocenters. The Morgan fingerprint density at radius 2 is 2.00 bits per heavy atom. The topological polar surface area (TPSA) is 89.9 Å². The third-order valence-corrected chi connectivity index (χ3v) is 5.85. The van der Waals surface area contributed by atoms with Crippen LogP contribution in [0.1, 0.15) is 39.0 Å². The molecule has 1 saturated heterocycles. The number of amides is 2. The summed E-state index contributed by atoms with van der Waals surface area (Å²) in [6.45, 7) is 2.99. The van der Waals surface area contributed by atoms with Gasteiger partial charge in [0.2, 0.25) is 0 Å². The van der Waals surface area contributed by atoms with E-state index >= 15 is 0 Å². The number of urea groups is 1. The molecule has 6 heteroatoms. The molecule has 3 fully saturated rings. The molecule has 0 aromatic heterocycles. The standard InChI is InChI=1S/C15H24N2O4/c1-15(13(19)20)6-2-3-12(15)16-14(21)17-7-9-4-5-11(18)10(9)8-17/h9-12,18H,2-8H2,1H3,(H,16,21)(H,19,20). The average Bonchev–Trinajstić information content (AvgIpc) is 3.08. The number of carboxylic acids is 1. The van der Waals surface area contributed by atoms with E-state index < -0.39 is 11.4 Å². The third kappa shape index (κ3) is 2.39. The molecule has 2 saturated carbocycles. The first kappa shape index (κ1) is 14.6. The average molecular weight is 296 g/mol. The summed E-state index contributed by atoms with van der Waals surface area (Å²) in [7, 11) is 0. The number of aliphatic carboxylic acids is 1. The maximum atomic E-state index is 12.4. The minimum absolute atomic E-state index is 0.170. The van der Waals surface area contributed by atoms with Crippen LogP contribution in [0.25, 0.3) is 0 Å². The van der Waals surface area contributed by atoms with E-state index in [1.165, 1.54) is 0 Å². The molecule has 0 bridgehead atoms. The maximum absolute atomic E-state index is 12.4. The van der Waals surface area contributed by atoms with Crippen molar-refractivity contribution in [2.45, 2.75) is 51.2 Å². The van der Waals surface area contributed by atoms with Crippen LogP contribution in [0.5, 0.6) is 0 Å². The van der Waals surface area contributed by atoms with Gasteiger partial charge in [0.1, 0.15) is 0 Å². The Balaban J connectivity index is 1.61. The fourth-order valence-electron chi connectivity index (χ4n) is 4.30. The summed E-state index contributed by atoms with van der Waals surface area (Å²) in [6.07, 6.45) is 3.69. The number of hydrogen-bond acceptors (Lipinski definition) is 3. The highest BCUT2D eigenvalue weighted by molar-refractivity contribution is 5.79. The summed E-state index contributed by atoms with van der Waals surface area (Å²) in [6, 6.07) is -0.469. The van der Waals surface area contributed by atoms with Crippen molar-refractivity contribution in [1.82, 2.24) is 10.2 Å². The molecular formula is C15H24N2O4. The number of fused-ring (bicyclic) bond motifs is 1. The van der Waals surface area contributed by atoms with Gasteiger partial charge in [-0.1, -0.05) is 6.42 Å². The Hall–Kier alpha value is -1.30. The monoisotopic (exact) mass is 296 g/mol. The van der Waals surface area contributed by atoms with Crippen LogP contribution < -0.4 is 5.32 Å². The highest BCUT2D eigenvalue weighted by Crippen LogP contribution is 2.40. The van der Waals surface area contributed by atoms with E-state index in [0.29, 0.717) is 25.4 Å². The molecule has 0 radical (unpaired) electrons. The first-order chi connectivity index (χ1) is 9.91. The zero-order valence-electron chi connectivity index (χ0n) is 12.4. The van der Waals surface area contributed by atoms with E-state index in [0.717, 1.165) is 25.7 Å². The summed E-state index contributed by atoms with van der Waals surface area (Å²) in [5.41, 5.74) is -0.856. The molecule has 3 aliphatic rings. The van der Waals surface area contributed by atoms with Gasteiger partial charge in [-0.05, 0) is 38.5 Å². The number of carbonyl (C=O) groups is 2. The number of likely N-dealkylation sites (tertiary alicyclic amines) is 1.